The lowest BCUT2D eigenvalue weighted by Crippen LogP contribution is -2.26. The van der Waals surface area contributed by atoms with Crippen molar-refractivity contribution in [2.75, 3.05) is 5.75 Å². The molecule has 1 heterocycles. The van der Waals surface area contributed by atoms with E-state index in [9.17, 15) is 18.0 Å². The minimum absolute atomic E-state index is 0.0476. The number of unbranched alkanes of at least 4 members (excludes halogenated alkanes) is 1. The van der Waals surface area contributed by atoms with Crippen molar-refractivity contribution in [2.45, 2.75) is 58.2 Å². The van der Waals surface area contributed by atoms with Crippen LogP contribution in [0, 0.1) is 13.8 Å². The number of amides is 1. The maximum absolute atomic E-state index is 12.5. The lowest BCUT2D eigenvalue weighted by Gasteiger charge is -2.13. The Morgan fingerprint density at radius 2 is 2.00 bits per heavy atom. The van der Waals surface area contributed by atoms with Crippen LogP contribution in [0.1, 0.15) is 36.7 Å². The fourth-order valence-corrected chi connectivity index (χ4v) is 3.51. The standard InChI is InChI=1S/C19H24F3N3O2S/c1-4-5-10-25-14(3)13(2)24-18(25)28-12-17(26)23-11-15-8-6-7-9-16(15)27-19(20,21)22/h6-9H,4-5,10-12H2,1-3H3,(H,23,26). The molecule has 0 unspecified atom stereocenters. The molecule has 2 rings (SSSR count). The molecule has 2 aromatic rings. The van der Waals surface area contributed by atoms with Crippen molar-refractivity contribution in [1.29, 1.82) is 0 Å². The molecule has 28 heavy (non-hydrogen) atoms. The average molecular weight is 415 g/mol. The Morgan fingerprint density at radius 1 is 1.29 bits per heavy atom. The van der Waals surface area contributed by atoms with Gasteiger partial charge in [-0.1, -0.05) is 43.3 Å². The van der Waals surface area contributed by atoms with Crippen LogP contribution in [-0.4, -0.2) is 27.6 Å². The molecular weight excluding hydrogens is 391 g/mol. The Balaban J connectivity index is 1.93. The van der Waals surface area contributed by atoms with Gasteiger partial charge in [-0.2, -0.15) is 0 Å². The maximum atomic E-state index is 12.5. The summed E-state index contributed by atoms with van der Waals surface area (Å²) in [5.74, 6) is -0.471. The van der Waals surface area contributed by atoms with E-state index >= 15 is 0 Å². The van der Waals surface area contributed by atoms with Crippen LogP contribution in [0.2, 0.25) is 0 Å². The third-order valence-corrected chi connectivity index (χ3v) is 5.14. The molecule has 0 saturated heterocycles. The highest BCUT2D eigenvalue weighted by Gasteiger charge is 2.32. The van der Waals surface area contributed by atoms with Gasteiger partial charge >= 0.3 is 6.36 Å². The van der Waals surface area contributed by atoms with E-state index in [2.05, 4.69) is 26.5 Å². The fourth-order valence-electron chi connectivity index (χ4n) is 2.56. The number of benzene rings is 1. The number of nitrogens with one attached hydrogen (secondary N) is 1. The molecule has 1 aromatic carbocycles. The number of carbonyl (C=O) groups excluding carboxylic acids is 1. The van der Waals surface area contributed by atoms with Crippen molar-refractivity contribution in [3.8, 4) is 5.75 Å². The second-order valence-corrected chi connectivity index (χ2v) is 7.23. The first kappa shape index (κ1) is 22.1. The normalized spacial score (nSPS) is 11.5. The van der Waals surface area contributed by atoms with E-state index in [-0.39, 0.29) is 29.5 Å². The van der Waals surface area contributed by atoms with Crippen molar-refractivity contribution in [2.24, 2.45) is 0 Å². The number of alkyl halides is 3. The van der Waals surface area contributed by atoms with Crippen LogP contribution >= 0.6 is 11.8 Å². The van der Waals surface area contributed by atoms with Gasteiger partial charge in [0.2, 0.25) is 5.91 Å². The Bertz CT molecular complexity index is 806. The number of para-hydroxylation sites is 1. The van der Waals surface area contributed by atoms with Crippen molar-refractivity contribution in [3.05, 3.63) is 41.2 Å². The van der Waals surface area contributed by atoms with E-state index in [0.29, 0.717) is 0 Å². The van der Waals surface area contributed by atoms with Gasteiger partial charge in [-0.15, -0.1) is 13.2 Å². The van der Waals surface area contributed by atoms with Gasteiger partial charge in [-0.05, 0) is 26.3 Å². The summed E-state index contributed by atoms with van der Waals surface area (Å²) in [5.41, 5.74) is 2.26. The van der Waals surface area contributed by atoms with Gasteiger partial charge in [0.25, 0.3) is 0 Å². The molecule has 0 aliphatic rings. The number of aromatic nitrogens is 2. The van der Waals surface area contributed by atoms with Crippen LogP contribution in [0.25, 0.3) is 0 Å². The van der Waals surface area contributed by atoms with Gasteiger partial charge in [0.1, 0.15) is 5.75 Å². The zero-order valence-electron chi connectivity index (χ0n) is 16.1. The first-order valence-corrected chi connectivity index (χ1v) is 9.96. The second kappa shape index (κ2) is 9.86. The summed E-state index contributed by atoms with van der Waals surface area (Å²) >= 11 is 1.32. The van der Waals surface area contributed by atoms with Gasteiger partial charge in [-0.3, -0.25) is 4.79 Å². The third kappa shape index (κ3) is 6.47. The molecule has 1 aromatic heterocycles. The van der Waals surface area contributed by atoms with Crippen molar-refractivity contribution < 1.29 is 22.7 Å². The van der Waals surface area contributed by atoms with Gasteiger partial charge in [-0.25, -0.2) is 4.98 Å². The number of nitrogens with zero attached hydrogens (tertiary/aromatic N) is 2. The Labute approximate surface area is 166 Å². The molecule has 0 spiro atoms. The lowest BCUT2D eigenvalue weighted by atomic mass is 10.2. The summed E-state index contributed by atoms with van der Waals surface area (Å²) < 4.78 is 43.5. The summed E-state index contributed by atoms with van der Waals surface area (Å²) in [7, 11) is 0. The number of hydrogen-bond donors (Lipinski definition) is 1. The molecule has 154 valence electrons. The van der Waals surface area contributed by atoms with E-state index < -0.39 is 6.36 Å². The Morgan fingerprint density at radius 3 is 2.68 bits per heavy atom. The molecule has 0 atom stereocenters. The van der Waals surface area contributed by atoms with E-state index in [0.717, 1.165) is 35.9 Å². The molecule has 0 bridgehead atoms. The van der Waals surface area contributed by atoms with Crippen molar-refractivity contribution in [3.63, 3.8) is 0 Å². The minimum atomic E-state index is -4.78. The summed E-state index contributed by atoms with van der Waals surface area (Å²) in [6, 6.07) is 5.75. The van der Waals surface area contributed by atoms with Crippen LogP contribution in [-0.2, 0) is 17.9 Å². The smallest absolute Gasteiger partial charge is 0.405 e. The first-order valence-electron chi connectivity index (χ1n) is 8.98. The molecule has 1 N–H and O–H groups in total. The molecule has 0 saturated carbocycles. The number of thioether (sulfide) groups is 1. The third-order valence-electron chi connectivity index (χ3n) is 4.16. The summed E-state index contributed by atoms with van der Waals surface area (Å²) in [4.78, 5) is 16.7. The van der Waals surface area contributed by atoms with Crippen LogP contribution in [0.3, 0.4) is 0 Å². The van der Waals surface area contributed by atoms with E-state index in [1.54, 1.807) is 6.07 Å². The Kier molecular flexibility index (Phi) is 7.79. The predicted molar refractivity (Wildman–Crippen MR) is 102 cm³/mol. The highest BCUT2D eigenvalue weighted by molar-refractivity contribution is 7.99. The average Bonchev–Trinajstić information content (AvgIpc) is 2.90. The first-order chi connectivity index (χ1) is 13.2. The topological polar surface area (TPSA) is 56.2 Å². The monoisotopic (exact) mass is 415 g/mol. The van der Waals surface area contributed by atoms with Crippen LogP contribution < -0.4 is 10.1 Å². The lowest BCUT2D eigenvalue weighted by molar-refractivity contribution is -0.274. The van der Waals surface area contributed by atoms with Gasteiger partial charge < -0.3 is 14.6 Å². The molecule has 5 nitrogen and oxygen atoms in total. The number of aryl methyl sites for hydroxylation is 1. The number of imidazole rings is 1. The molecule has 0 fully saturated rings. The molecule has 1 amide bonds. The number of ether oxygens (including phenoxy) is 1. The molecule has 9 heteroatoms. The largest absolute Gasteiger partial charge is 0.573 e. The van der Waals surface area contributed by atoms with E-state index in [1.165, 1.54) is 30.0 Å². The molecule has 0 aliphatic carbocycles. The number of hydrogen-bond acceptors (Lipinski definition) is 4. The van der Waals surface area contributed by atoms with Crippen LogP contribution in [0.15, 0.2) is 29.4 Å². The highest BCUT2D eigenvalue weighted by atomic mass is 32.2. The van der Waals surface area contributed by atoms with Crippen molar-refractivity contribution >= 4 is 17.7 Å². The molecular formula is C19H24F3N3O2S. The zero-order chi connectivity index (χ0) is 20.7. The SMILES string of the molecule is CCCCn1c(SCC(=O)NCc2ccccc2OC(F)(F)F)nc(C)c1C. The quantitative estimate of drug-likeness (QED) is 0.608. The van der Waals surface area contributed by atoms with Crippen LogP contribution in [0.5, 0.6) is 5.75 Å². The molecule has 0 aliphatic heterocycles. The fraction of sp³-hybridized carbons (Fsp3) is 0.474. The summed E-state index contributed by atoms with van der Waals surface area (Å²) in [6.07, 6.45) is -2.70. The predicted octanol–water partition coefficient (Wildman–Crippen LogP) is 4.61. The minimum Gasteiger partial charge on any atom is -0.405 e. The summed E-state index contributed by atoms with van der Waals surface area (Å²) in [6.45, 7) is 6.84. The van der Waals surface area contributed by atoms with Crippen LogP contribution in [0.4, 0.5) is 13.2 Å². The van der Waals surface area contributed by atoms with Gasteiger partial charge in [0, 0.05) is 24.3 Å². The highest BCUT2D eigenvalue weighted by Crippen LogP contribution is 2.26. The number of halogens is 3. The van der Waals surface area contributed by atoms with E-state index in [4.69, 9.17) is 0 Å². The number of rotatable bonds is 9. The zero-order valence-corrected chi connectivity index (χ0v) is 16.9. The molecule has 0 radical (unpaired) electrons. The van der Waals surface area contributed by atoms with Gasteiger partial charge in [0.05, 0.1) is 11.4 Å². The van der Waals surface area contributed by atoms with Crippen molar-refractivity contribution in [1.82, 2.24) is 14.9 Å². The Hall–Kier alpha value is -2.16. The number of carbonyl (C=O) groups is 1. The second-order valence-electron chi connectivity index (χ2n) is 6.29. The van der Waals surface area contributed by atoms with Gasteiger partial charge in [0.15, 0.2) is 5.16 Å². The maximum Gasteiger partial charge on any atom is 0.573 e. The summed E-state index contributed by atoms with van der Waals surface area (Å²) in [5, 5.41) is 3.41. The van der Waals surface area contributed by atoms with E-state index in [1.807, 2.05) is 13.8 Å².